The Morgan fingerprint density at radius 1 is 1.56 bits per heavy atom. The second-order valence-electron chi connectivity index (χ2n) is 5.97. The Kier molecular flexibility index (Phi) is 4.25. The minimum atomic E-state index is -0.729. The molecular formula is C13H24N2O3. The van der Waals surface area contributed by atoms with Crippen LogP contribution in [0.1, 0.15) is 33.1 Å². The Balaban J connectivity index is 1.81. The second kappa shape index (κ2) is 5.55. The number of hydrogen-bond acceptors (Lipinski definition) is 4. The van der Waals surface area contributed by atoms with Gasteiger partial charge in [-0.05, 0) is 33.1 Å². The Labute approximate surface area is 108 Å². The van der Waals surface area contributed by atoms with Crippen LogP contribution in [0.25, 0.3) is 0 Å². The van der Waals surface area contributed by atoms with E-state index in [2.05, 4.69) is 24.1 Å². The molecule has 2 fully saturated rings. The van der Waals surface area contributed by atoms with Crippen LogP contribution < -0.4 is 5.32 Å². The van der Waals surface area contributed by atoms with Gasteiger partial charge in [0.05, 0.1) is 13.2 Å². The third-order valence-electron chi connectivity index (χ3n) is 3.82. The van der Waals surface area contributed by atoms with E-state index in [1.165, 1.54) is 0 Å². The number of hydrogen-bond donors (Lipinski definition) is 2. The average Bonchev–Trinajstić information content (AvgIpc) is 3.08. The van der Waals surface area contributed by atoms with Crippen molar-refractivity contribution >= 4 is 5.97 Å². The van der Waals surface area contributed by atoms with Crippen molar-refractivity contribution in [2.24, 2.45) is 0 Å². The monoisotopic (exact) mass is 256 g/mol. The van der Waals surface area contributed by atoms with Gasteiger partial charge in [0.1, 0.15) is 6.04 Å². The number of morpholine rings is 1. The molecule has 5 nitrogen and oxygen atoms in total. The van der Waals surface area contributed by atoms with Crippen molar-refractivity contribution in [3.8, 4) is 0 Å². The lowest BCUT2D eigenvalue weighted by Gasteiger charge is -2.42. The molecule has 0 amide bonds. The minimum absolute atomic E-state index is 0.0148. The van der Waals surface area contributed by atoms with E-state index in [0.29, 0.717) is 12.5 Å². The second-order valence-corrected chi connectivity index (χ2v) is 5.97. The van der Waals surface area contributed by atoms with E-state index in [1.807, 2.05) is 0 Å². The largest absolute Gasteiger partial charge is 0.480 e. The van der Waals surface area contributed by atoms with Gasteiger partial charge >= 0.3 is 5.97 Å². The lowest BCUT2D eigenvalue weighted by molar-refractivity contribution is -0.140. The van der Waals surface area contributed by atoms with Gasteiger partial charge in [-0.1, -0.05) is 0 Å². The van der Waals surface area contributed by atoms with Crippen molar-refractivity contribution in [3.05, 3.63) is 0 Å². The van der Waals surface area contributed by atoms with Gasteiger partial charge in [0, 0.05) is 24.7 Å². The van der Waals surface area contributed by atoms with Gasteiger partial charge in [0.25, 0.3) is 0 Å². The maximum absolute atomic E-state index is 11.2. The van der Waals surface area contributed by atoms with Gasteiger partial charge in [-0.2, -0.15) is 0 Å². The molecule has 0 aromatic carbocycles. The molecule has 2 rings (SSSR count). The molecule has 1 unspecified atom stereocenters. The molecule has 1 saturated heterocycles. The van der Waals surface area contributed by atoms with Gasteiger partial charge in [0.15, 0.2) is 0 Å². The van der Waals surface area contributed by atoms with E-state index in [9.17, 15) is 9.90 Å². The third-order valence-corrected chi connectivity index (χ3v) is 3.82. The van der Waals surface area contributed by atoms with Gasteiger partial charge in [-0.3, -0.25) is 9.69 Å². The highest BCUT2D eigenvalue weighted by molar-refractivity contribution is 5.73. The van der Waals surface area contributed by atoms with Gasteiger partial charge in [-0.15, -0.1) is 0 Å². The minimum Gasteiger partial charge on any atom is -0.480 e. The third kappa shape index (κ3) is 3.67. The maximum Gasteiger partial charge on any atom is 0.320 e. The summed E-state index contributed by atoms with van der Waals surface area (Å²) < 4.78 is 5.47. The van der Waals surface area contributed by atoms with Gasteiger partial charge in [-0.25, -0.2) is 0 Å². The number of ether oxygens (including phenoxy) is 1. The smallest absolute Gasteiger partial charge is 0.320 e. The van der Waals surface area contributed by atoms with Crippen molar-refractivity contribution < 1.29 is 14.6 Å². The van der Waals surface area contributed by atoms with E-state index in [1.54, 1.807) is 0 Å². The van der Waals surface area contributed by atoms with Crippen LogP contribution in [0.2, 0.25) is 0 Å². The van der Waals surface area contributed by atoms with Gasteiger partial charge in [0.2, 0.25) is 0 Å². The summed E-state index contributed by atoms with van der Waals surface area (Å²) in [7, 11) is 0. The van der Waals surface area contributed by atoms with E-state index in [4.69, 9.17) is 4.74 Å². The fourth-order valence-electron chi connectivity index (χ4n) is 2.40. The quantitative estimate of drug-likeness (QED) is 0.732. The first kappa shape index (κ1) is 13.8. The fourth-order valence-corrected chi connectivity index (χ4v) is 2.40. The van der Waals surface area contributed by atoms with E-state index in [-0.39, 0.29) is 5.54 Å². The van der Waals surface area contributed by atoms with Crippen LogP contribution in [0, 0.1) is 0 Å². The Bertz CT molecular complexity index is 303. The molecular weight excluding hydrogens is 232 g/mol. The van der Waals surface area contributed by atoms with Crippen LogP contribution in [0.3, 0.4) is 0 Å². The first-order valence-corrected chi connectivity index (χ1v) is 6.81. The van der Waals surface area contributed by atoms with Crippen molar-refractivity contribution in [3.63, 3.8) is 0 Å². The summed E-state index contributed by atoms with van der Waals surface area (Å²) in [5.74, 6) is -0.729. The molecule has 1 heterocycles. The molecule has 0 bridgehead atoms. The van der Waals surface area contributed by atoms with Crippen LogP contribution in [-0.2, 0) is 9.53 Å². The molecule has 5 heteroatoms. The predicted octanol–water partition coefficient (Wildman–Crippen LogP) is 0.693. The zero-order chi connectivity index (χ0) is 13.2. The lowest BCUT2D eigenvalue weighted by Crippen LogP contribution is -2.54. The van der Waals surface area contributed by atoms with Crippen LogP contribution in [0.15, 0.2) is 0 Å². The standard InChI is InChI=1S/C13H24N2O3/c1-13(2)9-18-8-7-15(13)6-5-11(12(16)17)14-10-3-4-10/h10-11,14H,3-9H2,1-2H3,(H,16,17). The molecule has 2 aliphatic rings. The van der Waals surface area contributed by atoms with Crippen molar-refractivity contribution in [2.75, 3.05) is 26.3 Å². The Morgan fingerprint density at radius 2 is 2.28 bits per heavy atom. The summed E-state index contributed by atoms with van der Waals surface area (Å²) in [6, 6.07) is 0.0277. The molecule has 1 atom stereocenters. The van der Waals surface area contributed by atoms with E-state index < -0.39 is 12.0 Å². The number of nitrogens with zero attached hydrogens (tertiary/aromatic N) is 1. The van der Waals surface area contributed by atoms with E-state index >= 15 is 0 Å². The van der Waals surface area contributed by atoms with Crippen molar-refractivity contribution in [2.45, 2.75) is 50.7 Å². The molecule has 1 saturated carbocycles. The molecule has 18 heavy (non-hydrogen) atoms. The number of aliphatic carboxylic acids is 1. The highest BCUT2D eigenvalue weighted by Gasteiger charge is 2.33. The summed E-state index contributed by atoms with van der Waals surface area (Å²) in [5, 5.41) is 12.4. The molecule has 104 valence electrons. The molecule has 1 aliphatic heterocycles. The van der Waals surface area contributed by atoms with Crippen LogP contribution >= 0.6 is 0 Å². The molecule has 1 aliphatic carbocycles. The maximum atomic E-state index is 11.2. The first-order chi connectivity index (χ1) is 8.49. The lowest BCUT2D eigenvalue weighted by atomic mass is 10.0. The number of nitrogens with one attached hydrogen (secondary N) is 1. The zero-order valence-corrected chi connectivity index (χ0v) is 11.3. The summed E-state index contributed by atoms with van der Waals surface area (Å²) in [5.41, 5.74) is 0.0148. The topological polar surface area (TPSA) is 61.8 Å². The predicted molar refractivity (Wildman–Crippen MR) is 68.7 cm³/mol. The molecule has 0 radical (unpaired) electrons. The van der Waals surface area contributed by atoms with Crippen LogP contribution in [-0.4, -0.2) is 59.9 Å². The van der Waals surface area contributed by atoms with Crippen LogP contribution in [0.4, 0.5) is 0 Å². The number of carboxylic acids is 1. The zero-order valence-electron chi connectivity index (χ0n) is 11.3. The molecule has 2 N–H and O–H groups in total. The number of carboxylic acid groups (broad SMARTS) is 1. The number of rotatable bonds is 6. The summed E-state index contributed by atoms with van der Waals surface area (Å²) in [6.45, 7) is 7.47. The highest BCUT2D eigenvalue weighted by atomic mass is 16.5. The SMILES string of the molecule is CC1(C)COCCN1CCC(NC1CC1)C(=O)O. The summed E-state index contributed by atoms with van der Waals surface area (Å²) >= 11 is 0. The fraction of sp³-hybridized carbons (Fsp3) is 0.923. The molecule has 0 aromatic rings. The molecule has 0 aromatic heterocycles. The Morgan fingerprint density at radius 3 is 2.83 bits per heavy atom. The normalized spacial score (nSPS) is 25.9. The molecule has 0 spiro atoms. The van der Waals surface area contributed by atoms with Crippen LogP contribution in [0.5, 0.6) is 0 Å². The van der Waals surface area contributed by atoms with Gasteiger partial charge < -0.3 is 15.2 Å². The highest BCUT2D eigenvalue weighted by Crippen LogP contribution is 2.22. The van der Waals surface area contributed by atoms with E-state index in [0.717, 1.165) is 39.1 Å². The van der Waals surface area contributed by atoms with Crippen molar-refractivity contribution in [1.29, 1.82) is 0 Å². The summed E-state index contributed by atoms with van der Waals surface area (Å²) in [4.78, 5) is 13.5. The Hall–Kier alpha value is -0.650. The first-order valence-electron chi connectivity index (χ1n) is 6.81. The van der Waals surface area contributed by atoms with Crippen molar-refractivity contribution in [1.82, 2.24) is 10.2 Å². The number of carbonyl (C=O) groups is 1. The summed E-state index contributed by atoms with van der Waals surface area (Å²) in [6.07, 6.45) is 2.90. The average molecular weight is 256 g/mol.